The van der Waals surface area contributed by atoms with Crippen molar-refractivity contribution in [3.8, 4) is 5.75 Å². The van der Waals surface area contributed by atoms with E-state index in [1.807, 2.05) is 12.1 Å². The zero-order chi connectivity index (χ0) is 15.8. The first-order valence-corrected chi connectivity index (χ1v) is 8.43. The molecule has 0 saturated heterocycles. The third-order valence-electron chi connectivity index (χ3n) is 3.89. The molecule has 1 aromatic carbocycles. The number of rotatable bonds is 8. The summed E-state index contributed by atoms with van der Waals surface area (Å²) in [6.45, 7) is 8.95. The van der Waals surface area contributed by atoms with Gasteiger partial charge in [0.05, 0.1) is 6.61 Å². The van der Waals surface area contributed by atoms with Crippen molar-refractivity contribution in [3.63, 3.8) is 0 Å². The summed E-state index contributed by atoms with van der Waals surface area (Å²) >= 11 is 0. The van der Waals surface area contributed by atoms with Gasteiger partial charge in [-0.2, -0.15) is 0 Å². The zero-order valence-corrected chi connectivity index (χ0v) is 14.1. The maximum Gasteiger partial charge on any atom is 0.191 e. The monoisotopic (exact) mass is 303 g/mol. The lowest BCUT2D eigenvalue weighted by Crippen LogP contribution is -2.39. The minimum atomic E-state index is 0.614. The molecule has 122 valence electrons. The highest BCUT2D eigenvalue weighted by atomic mass is 16.5. The molecular weight excluding hydrogens is 274 g/mol. The van der Waals surface area contributed by atoms with Gasteiger partial charge in [0.2, 0.25) is 0 Å². The Morgan fingerprint density at radius 1 is 1.27 bits per heavy atom. The average molecular weight is 303 g/mol. The molecule has 2 atom stereocenters. The fourth-order valence-electron chi connectivity index (χ4n) is 2.25. The second-order valence-corrected chi connectivity index (χ2v) is 6.09. The highest BCUT2D eigenvalue weighted by Crippen LogP contribution is 2.28. The summed E-state index contributed by atoms with van der Waals surface area (Å²) in [7, 11) is 0. The maximum atomic E-state index is 5.72. The van der Waals surface area contributed by atoms with Gasteiger partial charge in [-0.3, -0.25) is 4.99 Å². The number of ether oxygens (including phenoxy) is 1. The Morgan fingerprint density at radius 2 is 2.00 bits per heavy atom. The lowest BCUT2D eigenvalue weighted by molar-refractivity contribution is 0.308. The lowest BCUT2D eigenvalue weighted by Gasteiger charge is -2.10. The Kier molecular flexibility index (Phi) is 6.56. The maximum absolute atomic E-state index is 5.72. The molecule has 0 spiro atoms. The molecule has 0 aromatic heterocycles. The summed E-state index contributed by atoms with van der Waals surface area (Å²) in [5.74, 6) is 2.69. The van der Waals surface area contributed by atoms with Gasteiger partial charge < -0.3 is 15.4 Å². The summed E-state index contributed by atoms with van der Waals surface area (Å²) in [4.78, 5) is 4.62. The van der Waals surface area contributed by atoms with Crippen LogP contribution >= 0.6 is 0 Å². The van der Waals surface area contributed by atoms with Gasteiger partial charge >= 0.3 is 0 Å². The number of unbranched alkanes of at least 4 members (excludes halogenated alkanes) is 1. The van der Waals surface area contributed by atoms with Crippen LogP contribution in [0.5, 0.6) is 5.75 Å². The van der Waals surface area contributed by atoms with Crippen LogP contribution in [0.4, 0.5) is 0 Å². The van der Waals surface area contributed by atoms with E-state index in [0.717, 1.165) is 50.2 Å². The molecule has 22 heavy (non-hydrogen) atoms. The van der Waals surface area contributed by atoms with E-state index < -0.39 is 0 Å². The highest BCUT2D eigenvalue weighted by molar-refractivity contribution is 5.80. The van der Waals surface area contributed by atoms with Gasteiger partial charge in [-0.25, -0.2) is 0 Å². The number of hydrogen-bond acceptors (Lipinski definition) is 2. The normalized spacial score (nSPS) is 20.6. The highest BCUT2D eigenvalue weighted by Gasteiger charge is 2.33. The van der Waals surface area contributed by atoms with Crippen molar-refractivity contribution in [2.75, 3.05) is 19.7 Å². The molecule has 1 fully saturated rings. The molecule has 0 bridgehead atoms. The average Bonchev–Trinajstić information content (AvgIpc) is 3.20. The van der Waals surface area contributed by atoms with Gasteiger partial charge in [-0.1, -0.05) is 24.6 Å². The van der Waals surface area contributed by atoms with Gasteiger partial charge in [-0.15, -0.1) is 0 Å². The Labute approximate surface area is 134 Å². The quantitative estimate of drug-likeness (QED) is 0.441. The molecule has 4 heteroatoms. The molecule has 0 heterocycles. The SMILES string of the molecule is CCNC(=NCCCCOc1ccc(C)cc1)NC1CC1C. The summed E-state index contributed by atoms with van der Waals surface area (Å²) in [5.41, 5.74) is 1.26. The molecule has 0 radical (unpaired) electrons. The van der Waals surface area contributed by atoms with Crippen LogP contribution in [-0.4, -0.2) is 31.7 Å². The molecule has 2 rings (SSSR count). The minimum absolute atomic E-state index is 0.614. The molecule has 4 nitrogen and oxygen atoms in total. The second-order valence-electron chi connectivity index (χ2n) is 6.09. The van der Waals surface area contributed by atoms with E-state index in [4.69, 9.17) is 4.74 Å². The third kappa shape index (κ3) is 5.96. The van der Waals surface area contributed by atoms with Crippen LogP contribution in [0.25, 0.3) is 0 Å². The number of aryl methyl sites for hydroxylation is 1. The summed E-state index contributed by atoms with van der Waals surface area (Å²) in [6.07, 6.45) is 3.33. The number of hydrogen-bond donors (Lipinski definition) is 2. The van der Waals surface area contributed by atoms with Crippen molar-refractivity contribution in [3.05, 3.63) is 29.8 Å². The molecule has 1 aliphatic rings. The summed E-state index contributed by atoms with van der Waals surface area (Å²) in [5, 5.41) is 6.78. The van der Waals surface area contributed by atoms with Gasteiger partial charge in [0, 0.05) is 19.1 Å². The van der Waals surface area contributed by atoms with E-state index >= 15 is 0 Å². The Hall–Kier alpha value is -1.71. The van der Waals surface area contributed by atoms with Crippen LogP contribution in [0, 0.1) is 12.8 Å². The fraction of sp³-hybridized carbons (Fsp3) is 0.611. The minimum Gasteiger partial charge on any atom is -0.494 e. The zero-order valence-electron chi connectivity index (χ0n) is 14.1. The second kappa shape index (κ2) is 8.66. The van der Waals surface area contributed by atoms with E-state index in [1.165, 1.54) is 12.0 Å². The predicted molar refractivity (Wildman–Crippen MR) is 92.6 cm³/mol. The van der Waals surface area contributed by atoms with Gasteiger partial charge in [0.1, 0.15) is 5.75 Å². The standard InChI is InChI=1S/C18H29N3O/c1-4-19-18(21-17-13-15(17)3)20-11-5-6-12-22-16-9-7-14(2)8-10-16/h7-10,15,17H,4-6,11-13H2,1-3H3,(H2,19,20,21). The molecule has 2 unspecified atom stereocenters. The van der Waals surface area contributed by atoms with Gasteiger partial charge in [0.25, 0.3) is 0 Å². The number of guanidine groups is 1. The molecule has 0 amide bonds. The lowest BCUT2D eigenvalue weighted by atomic mass is 10.2. The molecule has 1 aromatic rings. The molecule has 0 aliphatic heterocycles. The molecule has 2 N–H and O–H groups in total. The van der Waals surface area contributed by atoms with E-state index in [9.17, 15) is 0 Å². The van der Waals surface area contributed by atoms with E-state index in [2.05, 4.69) is 48.5 Å². The van der Waals surface area contributed by atoms with Crippen LogP contribution in [0.3, 0.4) is 0 Å². The number of nitrogens with one attached hydrogen (secondary N) is 2. The van der Waals surface area contributed by atoms with E-state index in [1.54, 1.807) is 0 Å². The first-order chi connectivity index (χ1) is 10.7. The topological polar surface area (TPSA) is 45.7 Å². The fourth-order valence-corrected chi connectivity index (χ4v) is 2.25. The Morgan fingerprint density at radius 3 is 2.64 bits per heavy atom. The third-order valence-corrected chi connectivity index (χ3v) is 3.89. The first kappa shape index (κ1) is 16.7. The largest absolute Gasteiger partial charge is 0.494 e. The van der Waals surface area contributed by atoms with Crippen molar-refractivity contribution in [2.24, 2.45) is 10.9 Å². The molecule has 1 saturated carbocycles. The van der Waals surface area contributed by atoms with E-state index in [0.29, 0.717) is 6.04 Å². The number of nitrogens with zero attached hydrogens (tertiary/aromatic N) is 1. The van der Waals surface area contributed by atoms with Crippen molar-refractivity contribution < 1.29 is 4.74 Å². The Balaban J connectivity index is 1.60. The smallest absolute Gasteiger partial charge is 0.191 e. The first-order valence-electron chi connectivity index (χ1n) is 8.43. The summed E-state index contributed by atoms with van der Waals surface area (Å²) < 4.78 is 5.72. The van der Waals surface area contributed by atoms with Crippen LogP contribution in [0.1, 0.15) is 38.7 Å². The molecule has 1 aliphatic carbocycles. The van der Waals surface area contributed by atoms with Crippen LogP contribution in [0.15, 0.2) is 29.3 Å². The van der Waals surface area contributed by atoms with Crippen LogP contribution in [-0.2, 0) is 0 Å². The number of aliphatic imine (C=N–C) groups is 1. The van der Waals surface area contributed by atoms with Crippen molar-refractivity contribution >= 4 is 5.96 Å². The van der Waals surface area contributed by atoms with Crippen LogP contribution in [0.2, 0.25) is 0 Å². The predicted octanol–water partition coefficient (Wildman–Crippen LogP) is 3.12. The van der Waals surface area contributed by atoms with Crippen molar-refractivity contribution in [1.82, 2.24) is 10.6 Å². The molecular formula is C18H29N3O. The van der Waals surface area contributed by atoms with Gasteiger partial charge in [-0.05, 0) is 51.2 Å². The summed E-state index contributed by atoms with van der Waals surface area (Å²) in [6, 6.07) is 8.82. The van der Waals surface area contributed by atoms with Crippen molar-refractivity contribution in [1.29, 1.82) is 0 Å². The van der Waals surface area contributed by atoms with E-state index in [-0.39, 0.29) is 0 Å². The Bertz CT molecular complexity index is 470. The van der Waals surface area contributed by atoms with Gasteiger partial charge in [0.15, 0.2) is 5.96 Å². The number of benzene rings is 1. The van der Waals surface area contributed by atoms with Crippen molar-refractivity contribution in [2.45, 2.75) is 46.1 Å². The van der Waals surface area contributed by atoms with Crippen LogP contribution < -0.4 is 15.4 Å².